The van der Waals surface area contributed by atoms with Gasteiger partial charge in [0.25, 0.3) is 5.97 Å². The van der Waals surface area contributed by atoms with Crippen LogP contribution in [-0.4, -0.2) is 11.1 Å². The van der Waals surface area contributed by atoms with Crippen LogP contribution in [0.15, 0.2) is 0 Å². The Bertz CT molecular complexity index is 91.3. The van der Waals surface area contributed by atoms with Crippen LogP contribution in [0.2, 0.25) is 0 Å². The van der Waals surface area contributed by atoms with Crippen LogP contribution < -0.4 is 18.9 Å². The van der Waals surface area contributed by atoms with Crippen molar-refractivity contribution in [2.75, 3.05) is 0 Å². The van der Waals surface area contributed by atoms with E-state index in [0.29, 0.717) is 0 Å². The molecule has 0 aromatic heterocycles. The first-order chi connectivity index (χ1) is 3.15. The molecule has 0 atom stereocenters. The van der Waals surface area contributed by atoms with E-state index in [9.17, 15) is 0 Å². The molecule has 0 heterocycles. The standard InChI is InChI=1S/C2H4O2.Co.Li.2O.Ti.H/c1-2(3)4;;;;;;/h1H3,(H,3,4);;;;;;/q;;+1;;;;-1. The van der Waals surface area contributed by atoms with Crippen molar-refractivity contribution in [2.24, 2.45) is 0 Å². The van der Waals surface area contributed by atoms with Crippen molar-refractivity contribution in [2.45, 2.75) is 6.92 Å². The van der Waals surface area contributed by atoms with Gasteiger partial charge in [0.05, 0.1) is 0 Å². The van der Waals surface area contributed by atoms with Crippen LogP contribution in [0.5, 0.6) is 0 Å². The van der Waals surface area contributed by atoms with Crippen LogP contribution in [0.4, 0.5) is 0 Å². The second-order valence-electron chi connectivity index (χ2n) is 0.602. The monoisotopic (exact) mass is 207 g/mol. The Hall–Kier alpha value is 0.888. The van der Waals surface area contributed by atoms with Crippen LogP contribution in [-0.2, 0) is 47.3 Å². The molecule has 4 nitrogen and oxygen atoms in total. The van der Waals surface area contributed by atoms with Gasteiger partial charge in [0.15, 0.2) is 0 Å². The van der Waals surface area contributed by atoms with Gasteiger partial charge in [0, 0.05) is 23.7 Å². The molecule has 51 valence electrons. The molecule has 9 heavy (non-hydrogen) atoms. The summed E-state index contributed by atoms with van der Waals surface area (Å²) in [5.41, 5.74) is 0. The molecular weight excluding hydrogens is 202 g/mol. The van der Waals surface area contributed by atoms with E-state index in [2.05, 4.69) is 0 Å². The zero-order valence-corrected chi connectivity index (χ0v) is 7.61. The van der Waals surface area contributed by atoms with Crippen molar-refractivity contribution in [3.8, 4) is 0 Å². The maximum absolute atomic E-state index is 9.00. The zero-order chi connectivity index (χ0) is 6.28. The number of carboxylic acid groups (broad SMARTS) is 1. The van der Waals surface area contributed by atoms with Crippen LogP contribution in [0.3, 0.4) is 0 Å². The first kappa shape index (κ1) is 22.5. The Kier molecular flexibility index (Phi) is 57.9. The SMILES string of the molecule is CC(=O)O.[Co].[H-].[Li+].[O]=[Ti]=[O]. The summed E-state index contributed by atoms with van der Waals surface area (Å²) in [6.45, 7) is 1.08. The van der Waals surface area contributed by atoms with E-state index in [-0.39, 0.29) is 37.1 Å². The fraction of sp³-hybridized carbons (Fsp3) is 0.500. The van der Waals surface area contributed by atoms with Gasteiger partial charge in [0.2, 0.25) is 0 Å². The van der Waals surface area contributed by atoms with Crippen LogP contribution in [0.25, 0.3) is 0 Å². The first-order valence-corrected chi connectivity index (χ1v) is 2.61. The van der Waals surface area contributed by atoms with Crippen molar-refractivity contribution in [3.05, 3.63) is 0 Å². The third-order valence-corrected chi connectivity index (χ3v) is 0. The Morgan fingerprint density at radius 2 is 1.56 bits per heavy atom. The second-order valence-corrected chi connectivity index (χ2v) is 0.863. The number of hydrogen-bond acceptors (Lipinski definition) is 3. The van der Waals surface area contributed by atoms with Gasteiger partial charge < -0.3 is 6.53 Å². The minimum atomic E-state index is -2.00. The quantitative estimate of drug-likeness (QED) is 0.428. The van der Waals surface area contributed by atoms with Crippen LogP contribution >= 0.6 is 0 Å². The van der Waals surface area contributed by atoms with Gasteiger partial charge in [-0.15, -0.1) is 0 Å². The molecule has 0 aromatic rings. The summed E-state index contributed by atoms with van der Waals surface area (Å²) in [4.78, 5) is 9.00. The molecular formula is C2H5CoLiO4Ti. The third kappa shape index (κ3) is 535. The molecule has 0 fully saturated rings. The van der Waals surface area contributed by atoms with E-state index >= 15 is 0 Å². The topological polar surface area (TPSA) is 71.4 Å². The summed E-state index contributed by atoms with van der Waals surface area (Å²) in [5, 5.41) is 7.42. The summed E-state index contributed by atoms with van der Waals surface area (Å²) in [6, 6.07) is 0. The molecule has 0 aliphatic rings. The average molecular weight is 207 g/mol. The summed E-state index contributed by atoms with van der Waals surface area (Å²) in [7, 11) is 0. The molecule has 0 aliphatic heterocycles. The Balaban J connectivity index is -0.0000000131. The zero-order valence-electron chi connectivity index (χ0n) is 6.01. The Labute approximate surface area is 85.2 Å². The molecule has 1 N–H and O–H groups in total. The van der Waals surface area contributed by atoms with Crippen molar-refractivity contribution < 1.29 is 72.7 Å². The molecule has 0 unspecified atom stereocenters. The molecule has 1 radical (unpaired) electrons. The van der Waals surface area contributed by atoms with Crippen molar-refractivity contribution in [1.29, 1.82) is 0 Å². The van der Waals surface area contributed by atoms with Gasteiger partial charge in [-0.05, 0) is 0 Å². The van der Waals surface area contributed by atoms with Crippen LogP contribution in [0, 0.1) is 0 Å². The van der Waals surface area contributed by atoms with Crippen molar-refractivity contribution in [3.63, 3.8) is 0 Å². The molecule has 0 aromatic carbocycles. The van der Waals surface area contributed by atoms with E-state index in [1.165, 1.54) is 0 Å². The number of hydrogen-bond donors (Lipinski definition) is 1. The van der Waals surface area contributed by atoms with Gasteiger partial charge in [-0.25, -0.2) is 0 Å². The molecule has 0 rings (SSSR count). The normalized spacial score (nSPS) is 3.67. The van der Waals surface area contributed by atoms with Gasteiger partial charge >= 0.3 is 44.6 Å². The van der Waals surface area contributed by atoms with Gasteiger partial charge in [-0.3, -0.25) is 4.79 Å². The summed E-state index contributed by atoms with van der Waals surface area (Å²) in [5.74, 6) is -0.833. The number of carbonyl (C=O) groups is 1. The fourth-order valence-electron chi connectivity index (χ4n) is 0. The average Bonchev–Trinajstić information content (AvgIpc) is 1.33. The fourth-order valence-corrected chi connectivity index (χ4v) is 0. The Morgan fingerprint density at radius 1 is 1.56 bits per heavy atom. The molecule has 0 amide bonds. The van der Waals surface area contributed by atoms with Crippen LogP contribution in [0.1, 0.15) is 8.35 Å². The van der Waals surface area contributed by atoms with Crippen molar-refractivity contribution >= 4 is 5.97 Å². The van der Waals surface area contributed by atoms with E-state index in [4.69, 9.17) is 16.6 Å². The summed E-state index contributed by atoms with van der Waals surface area (Å²) in [6.07, 6.45) is 0. The van der Waals surface area contributed by atoms with E-state index in [0.717, 1.165) is 6.92 Å². The molecule has 0 bridgehead atoms. The third-order valence-electron chi connectivity index (χ3n) is 0. The summed E-state index contributed by atoms with van der Waals surface area (Å²) < 4.78 is 17.0. The number of rotatable bonds is 0. The van der Waals surface area contributed by atoms with E-state index < -0.39 is 25.1 Å². The van der Waals surface area contributed by atoms with E-state index in [1.54, 1.807) is 0 Å². The van der Waals surface area contributed by atoms with Gasteiger partial charge in [-0.1, -0.05) is 0 Å². The molecule has 0 aliphatic carbocycles. The van der Waals surface area contributed by atoms with E-state index in [1.807, 2.05) is 0 Å². The van der Waals surface area contributed by atoms with Gasteiger partial charge in [0.1, 0.15) is 0 Å². The Morgan fingerprint density at radius 3 is 1.56 bits per heavy atom. The second kappa shape index (κ2) is 23.1. The number of aliphatic carboxylic acids is 1. The molecule has 0 saturated heterocycles. The molecule has 0 saturated carbocycles. The predicted molar refractivity (Wildman–Crippen MR) is 15.8 cm³/mol. The minimum absolute atomic E-state index is 0. The van der Waals surface area contributed by atoms with Gasteiger partial charge in [-0.2, -0.15) is 0 Å². The molecule has 7 heteroatoms. The van der Waals surface area contributed by atoms with Crippen molar-refractivity contribution in [1.82, 2.24) is 0 Å². The predicted octanol–water partition coefficient (Wildman–Crippen LogP) is -3.04. The maximum atomic E-state index is 9.00. The number of carboxylic acids is 1. The first-order valence-electron chi connectivity index (χ1n) is 1.34. The molecule has 0 spiro atoms. The summed E-state index contributed by atoms with van der Waals surface area (Å²) >= 11 is -2.00.